The number of hydrogen-bond donors (Lipinski definition) is 2. The van der Waals surface area contributed by atoms with Crippen molar-refractivity contribution in [3.63, 3.8) is 0 Å². The molecule has 0 unspecified atom stereocenters. The Hall–Kier alpha value is -1.25. The first kappa shape index (κ1) is 16.1. The van der Waals surface area contributed by atoms with Crippen LogP contribution in [0.2, 0.25) is 0 Å². The fourth-order valence-electron chi connectivity index (χ4n) is 1.67. The number of nitrogens with two attached hydrogens (primary N) is 1. The predicted octanol–water partition coefficient (Wildman–Crippen LogP) is 3.60. The molecule has 0 heterocycles. The number of ether oxygens (including phenoxy) is 1. The van der Waals surface area contributed by atoms with Gasteiger partial charge >= 0.3 is 0 Å². The van der Waals surface area contributed by atoms with Crippen molar-refractivity contribution in [2.24, 2.45) is 0 Å². The molecule has 0 amide bonds. The van der Waals surface area contributed by atoms with Crippen LogP contribution in [0.25, 0.3) is 0 Å². The lowest BCUT2D eigenvalue weighted by Crippen LogP contribution is -2.14. The van der Waals surface area contributed by atoms with E-state index in [0.29, 0.717) is 20.4 Å². The molecular formula is C13H12Br2N2O3S. The molecule has 2 aromatic rings. The first-order valence-electron chi connectivity index (χ1n) is 5.75. The van der Waals surface area contributed by atoms with Gasteiger partial charge in [-0.15, -0.1) is 0 Å². The Morgan fingerprint density at radius 2 is 1.76 bits per heavy atom. The summed E-state index contributed by atoms with van der Waals surface area (Å²) in [4.78, 5) is 0.0588. The van der Waals surface area contributed by atoms with Gasteiger partial charge in [0, 0.05) is 8.95 Å². The van der Waals surface area contributed by atoms with Gasteiger partial charge in [-0.3, -0.25) is 4.72 Å². The highest BCUT2D eigenvalue weighted by molar-refractivity contribution is 9.11. The Morgan fingerprint density at radius 3 is 2.29 bits per heavy atom. The van der Waals surface area contributed by atoms with Crippen LogP contribution >= 0.6 is 31.9 Å². The summed E-state index contributed by atoms with van der Waals surface area (Å²) >= 11 is 6.62. The average Bonchev–Trinajstić information content (AvgIpc) is 2.43. The molecule has 5 nitrogen and oxygen atoms in total. The molecule has 21 heavy (non-hydrogen) atoms. The summed E-state index contributed by atoms with van der Waals surface area (Å²) in [6.45, 7) is 0. The van der Waals surface area contributed by atoms with Crippen LogP contribution in [-0.4, -0.2) is 15.5 Å². The van der Waals surface area contributed by atoms with E-state index in [-0.39, 0.29) is 10.6 Å². The highest BCUT2D eigenvalue weighted by Gasteiger charge is 2.18. The van der Waals surface area contributed by atoms with Gasteiger partial charge in [-0.2, -0.15) is 0 Å². The number of nitrogen functional groups attached to an aromatic ring is 1. The molecule has 3 N–H and O–H groups in total. The van der Waals surface area contributed by atoms with E-state index in [0.717, 1.165) is 0 Å². The van der Waals surface area contributed by atoms with Gasteiger partial charge in [0.1, 0.15) is 5.75 Å². The van der Waals surface area contributed by atoms with Crippen LogP contribution in [0.5, 0.6) is 5.75 Å². The summed E-state index contributed by atoms with van der Waals surface area (Å²) < 4.78 is 33.6. The summed E-state index contributed by atoms with van der Waals surface area (Å²) in [6, 6.07) is 9.57. The van der Waals surface area contributed by atoms with Crippen LogP contribution in [0.1, 0.15) is 0 Å². The summed E-state index contributed by atoms with van der Waals surface area (Å²) in [5, 5.41) is 0. The first-order valence-corrected chi connectivity index (χ1v) is 8.82. The summed E-state index contributed by atoms with van der Waals surface area (Å²) in [5.74, 6) is 0.427. The minimum absolute atomic E-state index is 0.0588. The van der Waals surface area contributed by atoms with Crippen molar-refractivity contribution < 1.29 is 13.2 Å². The molecule has 0 radical (unpaired) electrons. The van der Waals surface area contributed by atoms with Crippen molar-refractivity contribution in [2.75, 3.05) is 17.6 Å². The number of rotatable bonds is 4. The lowest BCUT2D eigenvalue weighted by Gasteiger charge is -2.12. The Kier molecular flexibility index (Phi) is 4.80. The topological polar surface area (TPSA) is 81.4 Å². The highest BCUT2D eigenvalue weighted by atomic mass is 79.9. The van der Waals surface area contributed by atoms with E-state index >= 15 is 0 Å². The zero-order valence-corrected chi connectivity index (χ0v) is 14.9. The lowest BCUT2D eigenvalue weighted by molar-refractivity contribution is 0.416. The fraction of sp³-hybridized carbons (Fsp3) is 0.0769. The van der Waals surface area contributed by atoms with E-state index in [4.69, 9.17) is 10.5 Å². The zero-order chi connectivity index (χ0) is 15.6. The van der Waals surface area contributed by atoms with Gasteiger partial charge < -0.3 is 10.5 Å². The average molecular weight is 436 g/mol. The molecule has 0 bridgehead atoms. The third-order valence-electron chi connectivity index (χ3n) is 2.71. The van der Waals surface area contributed by atoms with E-state index in [9.17, 15) is 8.42 Å². The van der Waals surface area contributed by atoms with Crippen molar-refractivity contribution >= 4 is 53.3 Å². The molecule has 0 saturated carbocycles. The number of methoxy groups -OCH3 is 1. The van der Waals surface area contributed by atoms with E-state index < -0.39 is 10.0 Å². The molecule has 0 saturated heterocycles. The number of sulfonamides is 1. The van der Waals surface area contributed by atoms with Crippen molar-refractivity contribution in [3.8, 4) is 5.75 Å². The molecule has 0 aliphatic rings. The minimum Gasteiger partial charge on any atom is -0.495 e. The number of nitrogens with one attached hydrogen (secondary N) is 1. The molecule has 8 heteroatoms. The third kappa shape index (κ3) is 3.50. The van der Waals surface area contributed by atoms with Crippen LogP contribution < -0.4 is 15.2 Å². The molecule has 0 atom stereocenters. The summed E-state index contributed by atoms with van der Waals surface area (Å²) in [6.07, 6.45) is 0. The first-order chi connectivity index (χ1) is 9.85. The SMILES string of the molecule is COc1ccc(S(=O)(=O)Nc2c(Br)cccc2Br)cc1N. The second-order valence-corrected chi connectivity index (χ2v) is 7.50. The van der Waals surface area contributed by atoms with Crippen LogP contribution in [0.15, 0.2) is 50.2 Å². The van der Waals surface area contributed by atoms with Gasteiger partial charge in [-0.1, -0.05) is 6.07 Å². The molecule has 0 fully saturated rings. The molecule has 0 aliphatic heterocycles. The maximum Gasteiger partial charge on any atom is 0.262 e. The minimum atomic E-state index is -3.75. The second kappa shape index (κ2) is 6.25. The van der Waals surface area contributed by atoms with Crippen molar-refractivity contribution in [1.82, 2.24) is 0 Å². The van der Waals surface area contributed by atoms with Crippen LogP contribution in [0.4, 0.5) is 11.4 Å². The van der Waals surface area contributed by atoms with Gasteiger partial charge in [-0.05, 0) is 62.2 Å². The van der Waals surface area contributed by atoms with Crippen LogP contribution in [0, 0.1) is 0 Å². The summed E-state index contributed by atoms with van der Waals surface area (Å²) in [7, 11) is -2.28. The van der Waals surface area contributed by atoms with Gasteiger partial charge in [0.2, 0.25) is 0 Å². The molecule has 112 valence electrons. The van der Waals surface area contributed by atoms with Gasteiger partial charge in [0.25, 0.3) is 10.0 Å². The normalized spacial score (nSPS) is 11.2. The van der Waals surface area contributed by atoms with E-state index in [1.54, 1.807) is 18.2 Å². The number of anilines is 2. The largest absolute Gasteiger partial charge is 0.495 e. The quantitative estimate of drug-likeness (QED) is 0.718. The summed E-state index contributed by atoms with van der Waals surface area (Å²) in [5.41, 5.74) is 6.43. The monoisotopic (exact) mass is 434 g/mol. The van der Waals surface area contributed by atoms with E-state index in [1.165, 1.54) is 25.3 Å². The van der Waals surface area contributed by atoms with Crippen molar-refractivity contribution in [1.29, 1.82) is 0 Å². The molecule has 0 spiro atoms. The predicted molar refractivity (Wildman–Crippen MR) is 90.1 cm³/mol. The van der Waals surface area contributed by atoms with Crippen LogP contribution in [-0.2, 0) is 10.0 Å². The Labute approximate surface area is 139 Å². The number of benzene rings is 2. The number of halogens is 2. The highest BCUT2D eigenvalue weighted by Crippen LogP contribution is 2.33. The fourth-order valence-corrected chi connectivity index (χ4v) is 4.26. The molecule has 2 aromatic carbocycles. The van der Waals surface area contributed by atoms with Gasteiger partial charge in [0.15, 0.2) is 0 Å². The van der Waals surface area contributed by atoms with Gasteiger partial charge in [-0.25, -0.2) is 8.42 Å². The number of para-hydroxylation sites is 1. The Morgan fingerprint density at radius 1 is 1.14 bits per heavy atom. The second-order valence-electron chi connectivity index (χ2n) is 4.11. The molecule has 0 aromatic heterocycles. The third-order valence-corrected chi connectivity index (χ3v) is 5.38. The molecule has 0 aliphatic carbocycles. The standard InChI is InChI=1S/C13H12Br2N2O3S/c1-20-12-6-5-8(7-11(12)16)21(18,19)17-13-9(14)3-2-4-10(13)15/h2-7,17H,16H2,1H3. The van der Waals surface area contributed by atoms with E-state index in [2.05, 4.69) is 36.6 Å². The smallest absolute Gasteiger partial charge is 0.262 e. The Bertz CT molecular complexity index is 759. The van der Waals surface area contributed by atoms with Crippen molar-refractivity contribution in [3.05, 3.63) is 45.3 Å². The maximum absolute atomic E-state index is 12.4. The molecular weight excluding hydrogens is 424 g/mol. The van der Waals surface area contributed by atoms with Crippen molar-refractivity contribution in [2.45, 2.75) is 4.90 Å². The Balaban J connectivity index is 2.41. The van der Waals surface area contributed by atoms with E-state index in [1.807, 2.05) is 0 Å². The molecule has 2 rings (SSSR count). The zero-order valence-electron chi connectivity index (χ0n) is 10.9. The lowest BCUT2D eigenvalue weighted by atomic mass is 10.3. The maximum atomic E-state index is 12.4. The number of hydrogen-bond acceptors (Lipinski definition) is 4. The van der Waals surface area contributed by atoms with Gasteiger partial charge in [0.05, 0.1) is 23.4 Å². The van der Waals surface area contributed by atoms with Crippen LogP contribution in [0.3, 0.4) is 0 Å².